The first-order valence-electron chi connectivity index (χ1n) is 11.8. The highest BCUT2D eigenvalue weighted by Gasteiger charge is 2.32. The van der Waals surface area contributed by atoms with Crippen molar-refractivity contribution in [1.29, 1.82) is 0 Å². The van der Waals surface area contributed by atoms with E-state index in [1.807, 2.05) is 41.7 Å². The van der Waals surface area contributed by atoms with E-state index < -0.39 is 6.18 Å². The zero-order valence-electron chi connectivity index (χ0n) is 21.7. The molecule has 1 aromatic carbocycles. The second-order valence-corrected chi connectivity index (χ2v) is 7.82. The SMILES string of the molecule is C=CC(F)(F)F.CC.CC.CNCc1ccc(CSNC(=O)C(C)C(OC)C2CCCN2)cc1. The highest BCUT2D eigenvalue weighted by Crippen LogP contribution is 2.20. The molecule has 3 atom stereocenters. The average molecular weight is 508 g/mol. The largest absolute Gasteiger partial charge is 0.409 e. The Morgan fingerprint density at radius 3 is 2.18 bits per heavy atom. The Kier molecular flexibility index (Phi) is 21.2. The summed E-state index contributed by atoms with van der Waals surface area (Å²) in [6.45, 7) is 14.3. The number of halogens is 3. The Balaban J connectivity index is 0. The maximum Gasteiger partial charge on any atom is 0.409 e. The molecule has 3 unspecified atom stereocenters. The number of hydrogen-bond donors (Lipinski definition) is 3. The Morgan fingerprint density at radius 2 is 1.76 bits per heavy atom. The summed E-state index contributed by atoms with van der Waals surface area (Å²) in [7, 11) is 3.63. The summed E-state index contributed by atoms with van der Waals surface area (Å²) < 4.78 is 40.5. The van der Waals surface area contributed by atoms with Gasteiger partial charge in [-0.15, -0.1) is 0 Å². The molecule has 1 heterocycles. The van der Waals surface area contributed by atoms with Crippen LogP contribution in [0.5, 0.6) is 0 Å². The van der Waals surface area contributed by atoms with Crippen LogP contribution in [0.1, 0.15) is 58.6 Å². The van der Waals surface area contributed by atoms with Crippen LogP contribution >= 0.6 is 11.9 Å². The molecule has 0 spiro atoms. The van der Waals surface area contributed by atoms with Gasteiger partial charge in [-0.1, -0.05) is 65.5 Å². The van der Waals surface area contributed by atoms with Crippen molar-refractivity contribution in [3.05, 3.63) is 48.0 Å². The minimum Gasteiger partial charge on any atom is -0.379 e. The zero-order chi connectivity index (χ0) is 26.6. The molecule has 1 saturated heterocycles. The number of alkyl halides is 3. The van der Waals surface area contributed by atoms with Crippen LogP contribution in [0.25, 0.3) is 0 Å². The van der Waals surface area contributed by atoms with Gasteiger partial charge in [-0.05, 0) is 49.5 Å². The molecule has 0 radical (unpaired) electrons. The van der Waals surface area contributed by atoms with Crippen molar-refractivity contribution < 1.29 is 22.7 Å². The number of carbonyl (C=O) groups excluding carboxylic acids is 1. The van der Waals surface area contributed by atoms with E-state index in [0.29, 0.717) is 0 Å². The predicted octanol–water partition coefficient (Wildman–Crippen LogP) is 5.86. The second-order valence-electron chi connectivity index (χ2n) is 7.04. The van der Waals surface area contributed by atoms with E-state index in [0.717, 1.165) is 31.7 Å². The highest BCUT2D eigenvalue weighted by molar-refractivity contribution is 7.97. The molecular formula is C25H44F3N3O2S. The maximum absolute atomic E-state index is 12.4. The van der Waals surface area contributed by atoms with Crippen molar-refractivity contribution in [1.82, 2.24) is 15.4 Å². The second kappa shape index (κ2) is 20.8. The number of rotatable bonds is 9. The van der Waals surface area contributed by atoms with Crippen molar-refractivity contribution in [2.24, 2.45) is 5.92 Å². The number of nitrogens with one attached hydrogen (secondary N) is 3. The third-order valence-corrected chi connectivity index (χ3v) is 5.54. The van der Waals surface area contributed by atoms with Crippen LogP contribution in [0.2, 0.25) is 0 Å². The van der Waals surface area contributed by atoms with Crippen LogP contribution in [0.4, 0.5) is 13.2 Å². The first kappa shape index (κ1) is 34.6. The lowest BCUT2D eigenvalue weighted by atomic mass is 9.96. The highest BCUT2D eigenvalue weighted by atomic mass is 32.2. The van der Waals surface area contributed by atoms with Gasteiger partial charge in [0, 0.05) is 31.5 Å². The molecule has 3 N–H and O–H groups in total. The van der Waals surface area contributed by atoms with Crippen molar-refractivity contribution in [3.8, 4) is 0 Å². The summed E-state index contributed by atoms with van der Waals surface area (Å²) in [5.74, 6) is 0.626. The van der Waals surface area contributed by atoms with Crippen LogP contribution in [0.15, 0.2) is 36.9 Å². The number of methoxy groups -OCH3 is 1. The number of benzene rings is 1. The Morgan fingerprint density at radius 1 is 1.24 bits per heavy atom. The van der Waals surface area contributed by atoms with Crippen LogP contribution < -0.4 is 15.4 Å². The van der Waals surface area contributed by atoms with Crippen LogP contribution in [0.3, 0.4) is 0 Å². The molecule has 0 saturated carbocycles. The molecule has 34 heavy (non-hydrogen) atoms. The normalized spacial score (nSPS) is 16.4. The van der Waals surface area contributed by atoms with E-state index >= 15 is 0 Å². The van der Waals surface area contributed by atoms with E-state index in [4.69, 9.17) is 4.74 Å². The van der Waals surface area contributed by atoms with E-state index in [1.54, 1.807) is 7.11 Å². The molecule has 5 nitrogen and oxygen atoms in total. The summed E-state index contributed by atoms with van der Waals surface area (Å²) >= 11 is 1.44. The van der Waals surface area contributed by atoms with Crippen molar-refractivity contribution in [2.75, 3.05) is 20.7 Å². The summed E-state index contributed by atoms with van der Waals surface area (Å²) in [6.07, 6.45) is -2.11. The zero-order valence-corrected chi connectivity index (χ0v) is 22.5. The molecule has 0 bridgehead atoms. The van der Waals surface area contributed by atoms with Crippen molar-refractivity contribution >= 4 is 17.9 Å². The lowest BCUT2D eigenvalue weighted by Crippen LogP contribution is -2.45. The number of carbonyl (C=O) groups is 1. The maximum atomic E-state index is 12.4. The number of hydrogen-bond acceptors (Lipinski definition) is 5. The number of amides is 1. The van der Waals surface area contributed by atoms with Gasteiger partial charge in [0.25, 0.3) is 0 Å². The van der Waals surface area contributed by atoms with Gasteiger partial charge in [-0.3, -0.25) is 9.52 Å². The molecule has 9 heteroatoms. The van der Waals surface area contributed by atoms with Gasteiger partial charge >= 0.3 is 6.18 Å². The molecule has 0 aromatic heterocycles. The lowest BCUT2D eigenvalue weighted by molar-refractivity contribution is -0.127. The summed E-state index contributed by atoms with van der Waals surface area (Å²) in [4.78, 5) is 12.4. The fraction of sp³-hybridized carbons (Fsp3) is 0.640. The van der Waals surface area contributed by atoms with Gasteiger partial charge in [-0.25, -0.2) is 0 Å². The molecule has 1 aromatic rings. The standard InChI is InChI=1S/C18H29N3O2S.C3H3F3.2C2H6/c1-13(17(23-3)16-5-4-10-20-16)18(22)21-24-12-15-8-6-14(7-9-15)11-19-2;1-2-3(4,5)6;2*1-2/h6-9,13,16-17,19-20H,4-5,10-12H2,1-3H3,(H,21,22);2H,1H2;2*1-2H3. The van der Waals surface area contributed by atoms with Crippen molar-refractivity contribution in [2.45, 2.75) is 78.1 Å². The van der Waals surface area contributed by atoms with Gasteiger partial charge in [0.1, 0.15) is 0 Å². The molecule has 1 aliphatic rings. The number of allylic oxidation sites excluding steroid dienone is 1. The monoisotopic (exact) mass is 507 g/mol. The topological polar surface area (TPSA) is 62.4 Å². The van der Waals surface area contributed by atoms with Gasteiger partial charge in [-0.2, -0.15) is 13.2 Å². The van der Waals surface area contributed by atoms with Gasteiger partial charge in [0.2, 0.25) is 5.91 Å². The molecule has 1 amide bonds. The van der Waals surface area contributed by atoms with Crippen molar-refractivity contribution in [3.63, 3.8) is 0 Å². The smallest absolute Gasteiger partial charge is 0.379 e. The summed E-state index contributed by atoms with van der Waals surface area (Å²) in [5.41, 5.74) is 2.46. The molecule has 1 fully saturated rings. The Hall–Kier alpha value is -1.55. The lowest BCUT2D eigenvalue weighted by Gasteiger charge is -2.27. The molecule has 1 aliphatic heterocycles. The van der Waals surface area contributed by atoms with E-state index in [1.165, 1.54) is 23.1 Å². The minimum atomic E-state index is -4.19. The fourth-order valence-electron chi connectivity index (χ4n) is 3.10. The Labute approximate surface area is 208 Å². The van der Waals surface area contributed by atoms with Gasteiger partial charge in [0.05, 0.1) is 12.0 Å². The molecule has 198 valence electrons. The van der Waals surface area contributed by atoms with Crippen LogP contribution in [-0.4, -0.2) is 44.9 Å². The average Bonchev–Trinajstić information content (AvgIpc) is 3.38. The molecular weight excluding hydrogens is 463 g/mol. The first-order chi connectivity index (χ1) is 16.2. The van der Waals surface area contributed by atoms with Crippen LogP contribution in [-0.2, 0) is 21.8 Å². The first-order valence-corrected chi connectivity index (χ1v) is 12.8. The molecule has 2 rings (SSSR count). The number of ether oxygens (including phenoxy) is 1. The van der Waals surface area contributed by atoms with Gasteiger partial charge < -0.3 is 15.4 Å². The third kappa shape index (κ3) is 15.4. The molecule has 0 aliphatic carbocycles. The Bertz CT molecular complexity index is 637. The summed E-state index contributed by atoms with van der Waals surface area (Å²) in [6, 6.07) is 8.72. The van der Waals surface area contributed by atoms with E-state index in [2.05, 4.69) is 46.2 Å². The van der Waals surface area contributed by atoms with Crippen LogP contribution in [0, 0.1) is 5.92 Å². The minimum absolute atomic E-state index is 0.0346. The third-order valence-electron chi connectivity index (χ3n) is 4.72. The summed E-state index contributed by atoms with van der Waals surface area (Å²) in [5, 5.41) is 6.56. The predicted molar refractivity (Wildman–Crippen MR) is 139 cm³/mol. The van der Waals surface area contributed by atoms with Gasteiger partial charge in [0.15, 0.2) is 0 Å². The fourth-order valence-corrected chi connectivity index (χ4v) is 3.86. The quantitative estimate of drug-likeness (QED) is 0.289. The van der Waals surface area contributed by atoms with E-state index in [9.17, 15) is 18.0 Å². The van der Waals surface area contributed by atoms with E-state index in [-0.39, 0.29) is 30.0 Å².